The third-order valence-electron chi connectivity index (χ3n) is 6.16. The molecule has 0 atom stereocenters. The Morgan fingerprint density at radius 1 is 0.824 bits per heavy atom. The summed E-state index contributed by atoms with van der Waals surface area (Å²) in [5.41, 5.74) is 2.90. The maximum atomic E-state index is 13.0. The minimum absolute atomic E-state index is 0.263. The molecule has 5 rings (SSSR count). The topological polar surface area (TPSA) is 61.9 Å². The van der Waals surface area contributed by atoms with Gasteiger partial charge in [0.2, 0.25) is 0 Å². The predicted octanol–water partition coefficient (Wildman–Crippen LogP) is 5.21. The van der Waals surface area contributed by atoms with Crippen LogP contribution in [0.15, 0.2) is 84.6 Å². The predicted molar refractivity (Wildman–Crippen MR) is 133 cm³/mol. The number of urea groups is 1. The standard InChI is InChI=1S/C28H27N3O3/c32-27-26(20-22-10-8-21(9-11-22)16-19-30-17-4-5-18-30)29-28(33)31(27)23-12-14-25(15-13-23)34-24-6-2-1-3-7-24/h1-3,6-15,20H,4-5,16-19H2,(H,29,33)/b26-20-. The number of likely N-dealkylation sites (tertiary alicyclic amines) is 1. The molecule has 0 aliphatic carbocycles. The summed E-state index contributed by atoms with van der Waals surface area (Å²) in [5, 5.41) is 2.69. The van der Waals surface area contributed by atoms with Crippen LogP contribution in [0, 0.1) is 0 Å². The summed E-state index contributed by atoms with van der Waals surface area (Å²) < 4.78 is 5.79. The lowest BCUT2D eigenvalue weighted by Gasteiger charge is -2.14. The van der Waals surface area contributed by atoms with Gasteiger partial charge in [0.25, 0.3) is 5.91 Å². The van der Waals surface area contributed by atoms with E-state index in [-0.39, 0.29) is 11.6 Å². The van der Waals surface area contributed by atoms with Crippen LogP contribution in [0.3, 0.4) is 0 Å². The molecule has 0 radical (unpaired) electrons. The summed E-state index contributed by atoms with van der Waals surface area (Å²) in [6.45, 7) is 3.48. The second-order valence-corrected chi connectivity index (χ2v) is 8.58. The summed E-state index contributed by atoms with van der Waals surface area (Å²) in [7, 11) is 0. The molecule has 2 saturated heterocycles. The Kier molecular flexibility index (Phi) is 6.40. The van der Waals surface area contributed by atoms with Gasteiger partial charge >= 0.3 is 6.03 Å². The number of benzene rings is 3. The molecular formula is C28H27N3O3. The summed E-state index contributed by atoms with van der Waals surface area (Å²) in [4.78, 5) is 29.1. The lowest BCUT2D eigenvalue weighted by molar-refractivity contribution is -0.113. The van der Waals surface area contributed by atoms with Crippen molar-refractivity contribution in [3.8, 4) is 11.5 Å². The van der Waals surface area contributed by atoms with Gasteiger partial charge in [-0.1, -0.05) is 42.5 Å². The Labute approximate surface area is 199 Å². The van der Waals surface area contributed by atoms with Crippen LogP contribution >= 0.6 is 0 Å². The molecule has 2 fully saturated rings. The largest absolute Gasteiger partial charge is 0.457 e. The van der Waals surface area contributed by atoms with Gasteiger partial charge in [0, 0.05) is 6.54 Å². The van der Waals surface area contributed by atoms with Gasteiger partial charge in [0.15, 0.2) is 0 Å². The highest BCUT2D eigenvalue weighted by molar-refractivity contribution is 6.28. The van der Waals surface area contributed by atoms with Gasteiger partial charge in [-0.15, -0.1) is 0 Å². The SMILES string of the molecule is O=C1N/C(=C\c2ccc(CCN3CCCC3)cc2)C(=O)N1c1ccc(Oc2ccccc2)cc1. The molecule has 0 spiro atoms. The van der Waals surface area contributed by atoms with E-state index in [1.807, 2.05) is 42.5 Å². The number of rotatable bonds is 7. The lowest BCUT2D eigenvalue weighted by Crippen LogP contribution is -2.30. The van der Waals surface area contributed by atoms with E-state index >= 15 is 0 Å². The third kappa shape index (κ3) is 5.02. The van der Waals surface area contributed by atoms with Crippen LogP contribution < -0.4 is 15.0 Å². The second-order valence-electron chi connectivity index (χ2n) is 8.58. The average Bonchev–Trinajstić information content (AvgIpc) is 3.48. The molecule has 2 heterocycles. The smallest absolute Gasteiger partial charge is 0.333 e. The highest BCUT2D eigenvalue weighted by Crippen LogP contribution is 2.27. The highest BCUT2D eigenvalue weighted by atomic mass is 16.5. The Morgan fingerprint density at radius 2 is 1.50 bits per heavy atom. The molecule has 172 valence electrons. The van der Waals surface area contributed by atoms with Gasteiger partial charge in [-0.25, -0.2) is 9.69 Å². The zero-order chi connectivity index (χ0) is 23.3. The number of carbonyl (C=O) groups excluding carboxylic acids is 2. The summed E-state index contributed by atoms with van der Waals surface area (Å²) in [5.74, 6) is 0.972. The fourth-order valence-corrected chi connectivity index (χ4v) is 4.30. The van der Waals surface area contributed by atoms with Crippen molar-refractivity contribution in [1.29, 1.82) is 0 Å². The van der Waals surface area contributed by atoms with Gasteiger partial charge in [0.05, 0.1) is 5.69 Å². The fraction of sp³-hybridized carbons (Fsp3) is 0.214. The Bertz CT molecular complexity index is 1180. The van der Waals surface area contributed by atoms with E-state index in [4.69, 9.17) is 4.74 Å². The molecular weight excluding hydrogens is 426 g/mol. The number of imide groups is 1. The molecule has 6 nitrogen and oxygen atoms in total. The van der Waals surface area contributed by atoms with E-state index in [1.54, 1.807) is 30.3 Å². The molecule has 0 saturated carbocycles. The molecule has 0 aromatic heterocycles. The summed E-state index contributed by atoms with van der Waals surface area (Å²) in [6.07, 6.45) is 5.34. The van der Waals surface area contributed by atoms with Crippen LogP contribution in [0.4, 0.5) is 10.5 Å². The molecule has 2 aliphatic rings. The lowest BCUT2D eigenvalue weighted by atomic mass is 10.1. The first-order valence-corrected chi connectivity index (χ1v) is 11.7. The molecule has 1 N–H and O–H groups in total. The van der Waals surface area contributed by atoms with Gasteiger partial charge in [-0.2, -0.15) is 0 Å². The second kappa shape index (κ2) is 9.93. The first kappa shape index (κ1) is 21.9. The average molecular weight is 454 g/mol. The minimum Gasteiger partial charge on any atom is -0.457 e. The molecule has 0 bridgehead atoms. The number of ether oxygens (including phenoxy) is 1. The number of carbonyl (C=O) groups is 2. The number of amides is 3. The first-order chi connectivity index (χ1) is 16.7. The van der Waals surface area contributed by atoms with Crippen LogP contribution in [0.1, 0.15) is 24.0 Å². The Hall–Kier alpha value is -3.90. The Morgan fingerprint density at radius 3 is 2.21 bits per heavy atom. The Balaban J connectivity index is 1.23. The van der Waals surface area contributed by atoms with E-state index in [0.29, 0.717) is 11.4 Å². The number of hydrogen-bond acceptors (Lipinski definition) is 4. The van der Waals surface area contributed by atoms with E-state index in [2.05, 4.69) is 22.3 Å². The van der Waals surface area contributed by atoms with Crippen LogP contribution in [0.25, 0.3) is 6.08 Å². The maximum Gasteiger partial charge on any atom is 0.333 e. The third-order valence-corrected chi connectivity index (χ3v) is 6.16. The van der Waals surface area contributed by atoms with Crippen molar-refractivity contribution in [2.24, 2.45) is 0 Å². The quantitative estimate of drug-likeness (QED) is 0.394. The van der Waals surface area contributed by atoms with E-state index in [9.17, 15) is 9.59 Å². The van der Waals surface area contributed by atoms with Gasteiger partial charge in [0.1, 0.15) is 17.2 Å². The van der Waals surface area contributed by atoms with Gasteiger partial charge < -0.3 is 15.0 Å². The number of nitrogens with zero attached hydrogens (tertiary/aromatic N) is 2. The zero-order valence-corrected chi connectivity index (χ0v) is 18.9. The number of nitrogens with one attached hydrogen (secondary N) is 1. The van der Waals surface area contributed by atoms with E-state index in [0.717, 1.165) is 29.2 Å². The maximum absolute atomic E-state index is 13.0. The van der Waals surface area contributed by atoms with Crippen LogP contribution in [-0.4, -0.2) is 36.5 Å². The summed E-state index contributed by atoms with van der Waals surface area (Å²) >= 11 is 0. The molecule has 3 aromatic rings. The minimum atomic E-state index is -0.463. The van der Waals surface area contributed by atoms with Crippen LogP contribution in [0.5, 0.6) is 11.5 Å². The molecule has 3 aromatic carbocycles. The first-order valence-electron chi connectivity index (χ1n) is 11.7. The molecule has 2 aliphatic heterocycles. The molecule has 0 unspecified atom stereocenters. The normalized spacial score (nSPS) is 17.4. The van der Waals surface area contributed by atoms with Crippen molar-refractivity contribution in [3.05, 3.63) is 95.7 Å². The highest BCUT2D eigenvalue weighted by Gasteiger charge is 2.34. The van der Waals surface area contributed by atoms with Crippen molar-refractivity contribution in [1.82, 2.24) is 10.2 Å². The van der Waals surface area contributed by atoms with E-state index < -0.39 is 6.03 Å². The van der Waals surface area contributed by atoms with Crippen molar-refractivity contribution in [3.63, 3.8) is 0 Å². The van der Waals surface area contributed by atoms with Crippen LogP contribution in [0.2, 0.25) is 0 Å². The number of hydrogen-bond donors (Lipinski definition) is 1. The van der Waals surface area contributed by atoms with Gasteiger partial charge in [-0.05, 0) is 86.0 Å². The molecule has 34 heavy (non-hydrogen) atoms. The molecule has 3 amide bonds. The van der Waals surface area contributed by atoms with Crippen molar-refractivity contribution < 1.29 is 14.3 Å². The van der Waals surface area contributed by atoms with E-state index in [1.165, 1.54) is 31.5 Å². The number of para-hydroxylation sites is 1. The fourth-order valence-electron chi connectivity index (χ4n) is 4.30. The van der Waals surface area contributed by atoms with Crippen LogP contribution in [-0.2, 0) is 11.2 Å². The van der Waals surface area contributed by atoms with Crippen molar-refractivity contribution in [2.75, 3.05) is 24.5 Å². The zero-order valence-electron chi connectivity index (χ0n) is 18.9. The van der Waals surface area contributed by atoms with Crippen molar-refractivity contribution in [2.45, 2.75) is 19.3 Å². The summed E-state index contributed by atoms with van der Waals surface area (Å²) in [6, 6.07) is 24.0. The number of anilines is 1. The van der Waals surface area contributed by atoms with Crippen molar-refractivity contribution >= 4 is 23.7 Å². The molecule has 6 heteroatoms. The van der Waals surface area contributed by atoms with Gasteiger partial charge in [-0.3, -0.25) is 4.79 Å². The monoisotopic (exact) mass is 453 g/mol.